The first kappa shape index (κ1) is 20.2. The molecule has 30 heavy (non-hydrogen) atoms. The van der Waals surface area contributed by atoms with Gasteiger partial charge >= 0.3 is 0 Å². The lowest BCUT2D eigenvalue weighted by atomic mass is 9.98. The lowest BCUT2D eigenvalue weighted by Gasteiger charge is -2.18. The molecule has 8 heteroatoms. The van der Waals surface area contributed by atoms with Crippen molar-refractivity contribution in [1.82, 2.24) is 19.7 Å². The van der Waals surface area contributed by atoms with Crippen LogP contribution in [-0.4, -0.2) is 52.9 Å². The van der Waals surface area contributed by atoms with Crippen LogP contribution in [0.3, 0.4) is 0 Å². The van der Waals surface area contributed by atoms with Crippen LogP contribution in [0.15, 0.2) is 48.5 Å². The fourth-order valence-electron chi connectivity index (χ4n) is 3.80. The molecule has 1 fully saturated rings. The number of hydrogen-bond donors (Lipinski definition) is 1. The van der Waals surface area contributed by atoms with Crippen LogP contribution in [0.1, 0.15) is 17.9 Å². The van der Waals surface area contributed by atoms with E-state index in [-0.39, 0.29) is 12.5 Å². The molecule has 1 aromatic heterocycles. The summed E-state index contributed by atoms with van der Waals surface area (Å²) in [5.41, 5.74) is 2.10. The van der Waals surface area contributed by atoms with Crippen molar-refractivity contribution in [3.8, 4) is 22.9 Å². The molecule has 3 aromatic rings. The van der Waals surface area contributed by atoms with Gasteiger partial charge in [-0.2, -0.15) is 5.10 Å². The Kier molecular flexibility index (Phi) is 5.85. The normalized spacial score (nSPS) is 15.9. The van der Waals surface area contributed by atoms with Crippen LogP contribution in [0.2, 0.25) is 0 Å². The Balaban J connectivity index is 1.46. The summed E-state index contributed by atoms with van der Waals surface area (Å²) >= 11 is 5.38. The molecule has 0 bridgehead atoms. The molecule has 0 spiro atoms. The van der Waals surface area contributed by atoms with Gasteiger partial charge in [0.15, 0.2) is 10.6 Å². The van der Waals surface area contributed by atoms with Gasteiger partial charge in [0.2, 0.25) is 5.91 Å². The Morgan fingerprint density at radius 2 is 1.73 bits per heavy atom. The molecule has 1 N–H and O–H groups in total. The molecule has 0 saturated carbocycles. The number of H-pyrrole nitrogens is 1. The Labute approximate surface area is 180 Å². The first-order valence-electron chi connectivity index (χ1n) is 9.80. The zero-order chi connectivity index (χ0) is 21.1. The number of carbonyl (C=O) groups is 1. The largest absolute Gasteiger partial charge is 0.497 e. The molecule has 1 amide bonds. The van der Waals surface area contributed by atoms with Crippen molar-refractivity contribution in [2.24, 2.45) is 0 Å². The molecule has 156 valence electrons. The molecule has 1 unspecified atom stereocenters. The number of nitrogens with zero attached hydrogens (tertiary/aromatic N) is 3. The zero-order valence-electron chi connectivity index (χ0n) is 17.0. The fraction of sp³-hybridized carbons (Fsp3) is 0.318. The number of aromatic nitrogens is 3. The molecule has 0 radical (unpaired) electrons. The molecular weight excluding hydrogens is 400 g/mol. The van der Waals surface area contributed by atoms with Crippen LogP contribution in [0, 0.1) is 4.77 Å². The van der Waals surface area contributed by atoms with Gasteiger partial charge in [-0.1, -0.05) is 12.1 Å². The number of amides is 1. The molecule has 1 atom stereocenters. The second kappa shape index (κ2) is 8.71. The quantitative estimate of drug-likeness (QED) is 0.612. The van der Waals surface area contributed by atoms with Crippen molar-refractivity contribution in [2.75, 3.05) is 27.3 Å². The average Bonchev–Trinajstić information content (AvgIpc) is 3.42. The van der Waals surface area contributed by atoms with Crippen LogP contribution in [0.4, 0.5) is 0 Å². The van der Waals surface area contributed by atoms with Crippen molar-refractivity contribution >= 4 is 18.1 Å². The van der Waals surface area contributed by atoms with Crippen molar-refractivity contribution in [3.63, 3.8) is 0 Å². The van der Waals surface area contributed by atoms with Gasteiger partial charge in [-0.15, -0.1) is 0 Å². The molecule has 4 rings (SSSR count). The molecule has 1 aliphatic rings. The third kappa shape index (κ3) is 4.09. The summed E-state index contributed by atoms with van der Waals surface area (Å²) in [5.74, 6) is 2.61. The van der Waals surface area contributed by atoms with Crippen LogP contribution in [-0.2, 0) is 11.3 Å². The van der Waals surface area contributed by atoms with E-state index in [0.29, 0.717) is 23.1 Å². The van der Waals surface area contributed by atoms with Gasteiger partial charge in [0.25, 0.3) is 0 Å². The first-order chi connectivity index (χ1) is 14.6. The van der Waals surface area contributed by atoms with Crippen molar-refractivity contribution in [1.29, 1.82) is 0 Å². The van der Waals surface area contributed by atoms with Crippen LogP contribution < -0.4 is 9.47 Å². The summed E-state index contributed by atoms with van der Waals surface area (Å²) in [6.45, 7) is 1.60. The second-order valence-electron chi connectivity index (χ2n) is 7.27. The predicted octanol–water partition coefficient (Wildman–Crippen LogP) is 3.64. The highest BCUT2D eigenvalue weighted by atomic mass is 32.1. The number of ether oxygens (including phenoxy) is 2. The minimum atomic E-state index is 0.0401. The van der Waals surface area contributed by atoms with Gasteiger partial charge in [0.1, 0.15) is 18.0 Å². The topological polar surface area (TPSA) is 72.4 Å². The SMILES string of the molecule is COc1ccc(-c2n[nH]c(=S)n2CC(=O)N2CCC(c3ccc(OC)cc3)C2)cc1. The maximum absolute atomic E-state index is 13.0. The maximum Gasteiger partial charge on any atom is 0.242 e. The van der Waals surface area contributed by atoms with Gasteiger partial charge in [-0.3, -0.25) is 14.5 Å². The van der Waals surface area contributed by atoms with E-state index in [1.54, 1.807) is 18.8 Å². The van der Waals surface area contributed by atoms with Crippen LogP contribution in [0.5, 0.6) is 11.5 Å². The Morgan fingerprint density at radius 1 is 1.10 bits per heavy atom. The highest BCUT2D eigenvalue weighted by Gasteiger charge is 2.28. The second-order valence-corrected chi connectivity index (χ2v) is 7.65. The van der Waals surface area contributed by atoms with E-state index in [9.17, 15) is 4.79 Å². The molecule has 7 nitrogen and oxygen atoms in total. The number of aromatic amines is 1. The summed E-state index contributed by atoms with van der Waals surface area (Å²) in [5, 5.41) is 7.13. The number of methoxy groups -OCH3 is 2. The van der Waals surface area contributed by atoms with Crippen LogP contribution in [0.25, 0.3) is 11.4 Å². The number of rotatable bonds is 6. The summed E-state index contributed by atoms with van der Waals surface area (Å²) in [4.78, 5) is 14.9. The monoisotopic (exact) mass is 424 g/mol. The van der Waals surface area contributed by atoms with E-state index < -0.39 is 0 Å². The number of nitrogens with one attached hydrogen (secondary N) is 1. The van der Waals surface area contributed by atoms with Gasteiger partial charge in [0.05, 0.1) is 14.2 Å². The molecule has 1 saturated heterocycles. The summed E-state index contributed by atoms with van der Waals surface area (Å²) in [7, 11) is 3.28. The van der Waals surface area contributed by atoms with Gasteiger partial charge in [0, 0.05) is 24.6 Å². The Bertz CT molecular complexity index is 1070. The molecule has 2 aromatic carbocycles. The predicted molar refractivity (Wildman–Crippen MR) is 116 cm³/mol. The number of hydrogen-bond acceptors (Lipinski definition) is 5. The van der Waals surface area contributed by atoms with Gasteiger partial charge in [-0.25, -0.2) is 0 Å². The van der Waals surface area contributed by atoms with E-state index in [1.807, 2.05) is 41.3 Å². The molecule has 2 heterocycles. The summed E-state index contributed by atoms with van der Waals surface area (Å²) < 4.78 is 12.6. The van der Waals surface area contributed by atoms with E-state index in [0.717, 1.165) is 30.0 Å². The van der Waals surface area contributed by atoms with Crippen molar-refractivity contribution in [2.45, 2.75) is 18.9 Å². The van der Waals surface area contributed by atoms with E-state index in [4.69, 9.17) is 21.7 Å². The Hall–Kier alpha value is -3.13. The minimum absolute atomic E-state index is 0.0401. The number of likely N-dealkylation sites (tertiary alicyclic amines) is 1. The van der Waals surface area contributed by atoms with E-state index in [1.165, 1.54) is 5.56 Å². The van der Waals surface area contributed by atoms with Crippen LogP contribution >= 0.6 is 12.2 Å². The third-order valence-corrected chi connectivity index (χ3v) is 5.84. The van der Waals surface area contributed by atoms with E-state index >= 15 is 0 Å². The number of benzene rings is 2. The Morgan fingerprint density at radius 3 is 2.37 bits per heavy atom. The van der Waals surface area contributed by atoms with Gasteiger partial charge < -0.3 is 14.4 Å². The summed E-state index contributed by atoms with van der Waals surface area (Å²) in [6.07, 6.45) is 0.945. The maximum atomic E-state index is 13.0. The minimum Gasteiger partial charge on any atom is -0.497 e. The van der Waals surface area contributed by atoms with Crippen molar-refractivity contribution in [3.05, 3.63) is 58.9 Å². The fourth-order valence-corrected chi connectivity index (χ4v) is 3.99. The molecule has 0 aliphatic carbocycles. The standard InChI is InChI=1S/C22H24N4O3S/c1-28-18-7-3-15(4-8-18)17-11-12-25(13-17)20(27)14-26-21(23-24-22(26)30)16-5-9-19(29-2)10-6-16/h3-10,17H,11-14H2,1-2H3,(H,24,30). The highest BCUT2D eigenvalue weighted by Crippen LogP contribution is 2.29. The molecule has 1 aliphatic heterocycles. The summed E-state index contributed by atoms with van der Waals surface area (Å²) in [6, 6.07) is 15.6. The lowest BCUT2D eigenvalue weighted by molar-refractivity contribution is -0.130. The lowest BCUT2D eigenvalue weighted by Crippen LogP contribution is -2.32. The average molecular weight is 425 g/mol. The first-order valence-corrected chi connectivity index (χ1v) is 10.2. The highest BCUT2D eigenvalue weighted by molar-refractivity contribution is 7.71. The smallest absolute Gasteiger partial charge is 0.242 e. The third-order valence-electron chi connectivity index (χ3n) is 5.53. The van der Waals surface area contributed by atoms with E-state index in [2.05, 4.69) is 22.3 Å². The van der Waals surface area contributed by atoms with Crippen molar-refractivity contribution < 1.29 is 14.3 Å². The number of carbonyl (C=O) groups excluding carboxylic acids is 1. The van der Waals surface area contributed by atoms with Gasteiger partial charge in [-0.05, 0) is 60.6 Å². The molecular formula is C22H24N4O3S. The zero-order valence-corrected chi connectivity index (χ0v) is 17.8.